The van der Waals surface area contributed by atoms with Crippen LogP contribution in [0.2, 0.25) is 0 Å². The van der Waals surface area contributed by atoms with Gasteiger partial charge in [0.05, 0.1) is 5.56 Å². The molecule has 4 nitrogen and oxygen atoms in total. The van der Waals surface area contributed by atoms with Crippen molar-refractivity contribution in [1.82, 2.24) is 9.88 Å². The quantitative estimate of drug-likeness (QED) is 0.567. The molecule has 0 radical (unpaired) electrons. The van der Waals surface area contributed by atoms with E-state index in [1.54, 1.807) is 0 Å². The number of alkyl halides is 6. The predicted octanol–water partition coefficient (Wildman–Crippen LogP) is 3.19. The molecular weight excluding hydrogens is 352 g/mol. The molecule has 1 aliphatic heterocycles. The van der Waals surface area contributed by atoms with E-state index in [1.807, 2.05) is 4.90 Å². The molecule has 10 heteroatoms. The Bertz CT molecular complexity index is 524. The van der Waals surface area contributed by atoms with Crippen molar-refractivity contribution in [3.8, 4) is 0 Å². The Hall–Kier alpha value is -1.55. The zero-order chi connectivity index (χ0) is 18.5. The molecule has 0 unspecified atom stereocenters. The third-order valence-corrected chi connectivity index (χ3v) is 3.80. The van der Waals surface area contributed by atoms with Crippen molar-refractivity contribution >= 4 is 5.82 Å². The van der Waals surface area contributed by atoms with Crippen molar-refractivity contribution in [3.05, 3.63) is 23.9 Å². The first-order valence-corrected chi connectivity index (χ1v) is 7.80. The van der Waals surface area contributed by atoms with Gasteiger partial charge in [0, 0.05) is 45.5 Å². The largest absolute Gasteiger partial charge is 0.417 e. The zero-order valence-corrected chi connectivity index (χ0v) is 13.4. The second-order valence-corrected chi connectivity index (χ2v) is 5.75. The maximum atomic E-state index is 12.5. The monoisotopic (exact) mass is 371 g/mol. The fourth-order valence-corrected chi connectivity index (χ4v) is 2.52. The fourth-order valence-electron chi connectivity index (χ4n) is 2.52. The van der Waals surface area contributed by atoms with Gasteiger partial charge in [0.1, 0.15) is 12.4 Å². The molecule has 1 aliphatic rings. The van der Waals surface area contributed by atoms with Gasteiger partial charge in [0.15, 0.2) is 0 Å². The van der Waals surface area contributed by atoms with E-state index in [2.05, 4.69) is 14.6 Å². The third-order valence-electron chi connectivity index (χ3n) is 3.80. The van der Waals surface area contributed by atoms with Crippen LogP contribution in [-0.4, -0.2) is 62.0 Å². The SMILES string of the molecule is FC(F)(F)COCCCN1CCN(c2ccc(C(F)(F)F)cn2)CC1. The van der Waals surface area contributed by atoms with Gasteiger partial charge in [-0.25, -0.2) is 4.98 Å². The molecule has 0 aromatic carbocycles. The highest BCUT2D eigenvalue weighted by atomic mass is 19.4. The smallest absolute Gasteiger partial charge is 0.372 e. The van der Waals surface area contributed by atoms with Crippen molar-refractivity contribution in [1.29, 1.82) is 0 Å². The highest BCUT2D eigenvalue weighted by Gasteiger charge is 2.31. The van der Waals surface area contributed by atoms with Crippen LogP contribution in [0.25, 0.3) is 0 Å². The molecule has 0 amide bonds. The van der Waals surface area contributed by atoms with E-state index in [0.717, 1.165) is 12.3 Å². The second-order valence-electron chi connectivity index (χ2n) is 5.75. The average Bonchev–Trinajstić information content (AvgIpc) is 2.53. The number of halogens is 6. The van der Waals surface area contributed by atoms with E-state index in [-0.39, 0.29) is 6.61 Å². The molecule has 1 aromatic heterocycles. The Balaban J connectivity index is 1.69. The van der Waals surface area contributed by atoms with Gasteiger partial charge in [-0.3, -0.25) is 4.90 Å². The first-order valence-electron chi connectivity index (χ1n) is 7.80. The van der Waals surface area contributed by atoms with Gasteiger partial charge < -0.3 is 9.64 Å². The predicted molar refractivity (Wildman–Crippen MR) is 79.4 cm³/mol. The lowest BCUT2D eigenvalue weighted by atomic mass is 10.2. The normalized spacial score (nSPS) is 17.1. The lowest BCUT2D eigenvalue weighted by molar-refractivity contribution is -0.174. The lowest BCUT2D eigenvalue weighted by Crippen LogP contribution is -2.47. The Morgan fingerprint density at radius 3 is 2.20 bits per heavy atom. The topological polar surface area (TPSA) is 28.6 Å². The number of hydrogen-bond donors (Lipinski definition) is 0. The number of piperazine rings is 1. The molecule has 0 aliphatic carbocycles. The zero-order valence-electron chi connectivity index (χ0n) is 13.4. The van der Waals surface area contributed by atoms with Crippen molar-refractivity contribution in [3.63, 3.8) is 0 Å². The van der Waals surface area contributed by atoms with Crippen LogP contribution in [0.3, 0.4) is 0 Å². The van der Waals surface area contributed by atoms with Gasteiger partial charge >= 0.3 is 12.4 Å². The van der Waals surface area contributed by atoms with Crippen LogP contribution in [0.1, 0.15) is 12.0 Å². The number of ether oxygens (including phenoxy) is 1. The minimum atomic E-state index is -4.40. The Morgan fingerprint density at radius 1 is 1.00 bits per heavy atom. The van der Waals surface area contributed by atoms with Crippen LogP contribution >= 0.6 is 0 Å². The maximum Gasteiger partial charge on any atom is 0.417 e. The minimum absolute atomic E-state index is 0.0418. The number of rotatable bonds is 6. The second kappa shape index (κ2) is 8.22. The minimum Gasteiger partial charge on any atom is -0.372 e. The van der Waals surface area contributed by atoms with Gasteiger partial charge in [-0.1, -0.05) is 0 Å². The number of anilines is 1. The van der Waals surface area contributed by atoms with E-state index in [4.69, 9.17) is 0 Å². The van der Waals surface area contributed by atoms with E-state index < -0.39 is 24.5 Å². The summed E-state index contributed by atoms with van der Waals surface area (Å²) in [5, 5.41) is 0. The molecule has 1 saturated heterocycles. The van der Waals surface area contributed by atoms with Gasteiger partial charge in [0.25, 0.3) is 0 Å². The molecular formula is C15H19F6N3O. The van der Waals surface area contributed by atoms with E-state index in [9.17, 15) is 26.3 Å². The van der Waals surface area contributed by atoms with E-state index in [0.29, 0.717) is 45.0 Å². The summed E-state index contributed by atoms with van der Waals surface area (Å²) < 4.78 is 77.9. The molecule has 25 heavy (non-hydrogen) atoms. The van der Waals surface area contributed by atoms with Crippen LogP contribution in [0.15, 0.2) is 18.3 Å². The maximum absolute atomic E-state index is 12.5. The van der Waals surface area contributed by atoms with Gasteiger partial charge in [-0.05, 0) is 18.6 Å². The number of aromatic nitrogens is 1. The summed E-state index contributed by atoms with van der Waals surface area (Å²) in [6, 6.07) is 2.36. The molecule has 1 fully saturated rings. The highest BCUT2D eigenvalue weighted by Crippen LogP contribution is 2.29. The first-order chi connectivity index (χ1) is 11.6. The fraction of sp³-hybridized carbons (Fsp3) is 0.667. The van der Waals surface area contributed by atoms with Gasteiger partial charge in [-0.15, -0.1) is 0 Å². The lowest BCUT2D eigenvalue weighted by Gasteiger charge is -2.35. The van der Waals surface area contributed by atoms with Crippen molar-refractivity contribution in [2.24, 2.45) is 0 Å². The van der Waals surface area contributed by atoms with Crippen LogP contribution in [0.5, 0.6) is 0 Å². The molecule has 0 N–H and O–H groups in total. The summed E-state index contributed by atoms with van der Waals surface area (Å²) in [4.78, 5) is 7.83. The molecule has 2 rings (SSSR count). The molecule has 0 atom stereocenters. The van der Waals surface area contributed by atoms with Crippen molar-refractivity contribution in [2.45, 2.75) is 18.8 Å². The summed E-state index contributed by atoms with van der Waals surface area (Å²) in [7, 11) is 0. The number of hydrogen-bond acceptors (Lipinski definition) is 4. The highest BCUT2D eigenvalue weighted by molar-refractivity contribution is 5.40. The number of nitrogens with zero attached hydrogens (tertiary/aromatic N) is 3. The van der Waals surface area contributed by atoms with Crippen molar-refractivity contribution < 1.29 is 31.1 Å². The standard InChI is InChI=1S/C15H19F6N3O/c16-14(17,18)11-25-9-1-4-23-5-7-24(8-6-23)13-3-2-12(10-22-13)15(19,20)21/h2-3,10H,1,4-9,11H2. The summed E-state index contributed by atoms with van der Waals surface area (Å²) in [5.74, 6) is 0.487. The summed E-state index contributed by atoms with van der Waals surface area (Å²) in [6.07, 6.45) is -7.40. The molecule has 0 spiro atoms. The van der Waals surface area contributed by atoms with E-state index in [1.165, 1.54) is 6.07 Å². The Kier molecular flexibility index (Phi) is 6.50. The molecule has 2 heterocycles. The average molecular weight is 371 g/mol. The summed E-state index contributed by atoms with van der Waals surface area (Å²) in [5.41, 5.74) is -0.784. The van der Waals surface area contributed by atoms with Crippen LogP contribution in [0.4, 0.5) is 32.2 Å². The van der Waals surface area contributed by atoms with Crippen molar-refractivity contribution in [2.75, 3.05) is 50.8 Å². The van der Waals surface area contributed by atoms with E-state index >= 15 is 0 Å². The molecule has 0 bridgehead atoms. The Labute approximate surface area is 141 Å². The number of pyridine rings is 1. The van der Waals surface area contributed by atoms with Crippen LogP contribution < -0.4 is 4.90 Å². The summed E-state index contributed by atoms with van der Waals surface area (Å²) in [6.45, 7) is 1.96. The Morgan fingerprint density at radius 2 is 1.68 bits per heavy atom. The third kappa shape index (κ3) is 6.69. The molecule has 0 saturated carbocycles. The summed E-state index contributed by atoms with van der Waals surface area (Å²) >= 11 is 0. The van der Waals surface area contributed by atoms with Crippen LogP contribution in [-0.2, 0) is 10.9 Å². The first kappa shape index (κ1) is 19.8. The molecule has 1 aromatic rings. The van der Waals surface area contributed by atoms with Gasteiger partial charge in [-0.2, -0.15) is 26.3 Å². The van der Waals surface area contributed by atoms with Gasteiger partial charge in [0.2, 0.25) is 0 Å². The molecule has 142 valence electrons. The van der Waals surface area contributed by atoms with Crippen LogP contribution in [0, 0.1) is 0 Å².